The van der Waals surface area contributed by atoms with Gasteiger partial charge in [0.1, 0.15) is 0 Å². The van der Waals surface area contributed by atoms with Crippen LogP contribution in [0.1, 0.15) is 33.1 Å². The van der Waals surface area contributed by atoms with Crippen molar-refractivity contribution in [2.24, 2.45) is 5.41 Å². The van der Waals surface area contributed by atoms with Gasteiger partial charge in [-0.15, -0.1) is 0 Å². The van der Waals surface area contributed by atoms with E-state index in [2.05, 4.69) is 6.58 Å². The standard InChI is InChI=1S/C16H24O4/c1-6-8-9-11-16(14(17)19-4,15(18)20-5)12-10-13(3)7-2/h6-8,10H,2,9,11-12H2,1,3-5H3/b8-6+,13-10+. The maximum atomic E-state index is 12.1. The van der Waals surface area contributed by atoms with Crippen LogP contribution in [0.25, 0.3) is 0 Å². The highest BCUT2D eigenvalue weighted by molar-refractivity contribution is 6.00. The van der Waals surface area contributed by atoms with Crippen molar-refractivity contribution in [2.45, 2.75) is 33.1 Å². The first-order valence-electron chi connectivity index (χ1n) is 6.55. The van der Waals surface area contributed by atoms with Crippen LogP contribution >= 0.6 is 0 Å². The molecule has 4 nitrogen and oxygen atoms in total. The molecule has 4 heteroatoms. The smallest absolute Gasteiger partial charge is 0.323 e. The van der Waals surface area contributed by atoms with Crippen molar-refractivity contribution in [3.8, 4) is 0 Å². The Morgan fingerprint density at radius 1 is 1.20 bits per heavy atom. The lowest BCUT2D eigenvalue weighted by atomic mass is 9.79. The Bertz CT molecular complexity index is 389. The summed E-state index contributed by atoms with van der Waals surface area (Å²) >= 11 is 0. The van der Waals surface area contributed by atoms with E-state index in [1.165, 1.54) is 14.2 Å². The van der Waals surface area contributed by atoms with E-state index in [1.54, 1.807) is 12.2 Å². The summed E-state index contributed by atoms with van der Waals surface area (Å²) in [5.74, 6) is -1.14. The van der Waals surface area contributed by atoms with E-state index in [0.717, 1.165) is 5.57 Å². The molecule has 112 valence electrons. The van der Waals surface area contributed by atoms with Gasteiger partial charge in [0, 0.05) is 0 Å². The van der Waals surface area contributed by atoms with E-state index in [4.69, 9.17) is 9.47 Å². The first-order valence-corrected chi connectivity index (χ1v) is 6.55. The van der Waals surface area contributed by atoms with Crippen LogP contribution in [0, 0.1) is 5.41 Å². The van der Waals surface area contributed by atoms with E-state index in [9.17, 15) is 9.59 Å². The van der Waals surface area contributed by atoms with Crippen molar-refractivity contribution < 1.29 is 19.1 Å². The lowest BCUT2D eigenvalue weighted by Gasteiger charge is -2.26. The molecule has 0 N–H and O–H groups in total. The van der Waals surface area contributed by atoms with Crippen molar-refractivity contribution in [3.05, 3.63) is 36.5 Å². The molecule has 0 bridgehead atoms. The predicted molar refractivity (Wildman–Crippen MR) is 79.1 cm³/mol. The minimum absolute atomic E-state index is 0.238. The summed E-state index contributed by atoms with van der Waals surface area (Å²) < 4.78 is 9.63. The lowest BCUT2D eigenvalue weighted by molar-refractivity contribution is -0.169. The highest BCUT2D eigenvalue weighted by atomic mass is 16.5. The predicted octanol–water partition coefficient (Wildman–Crippen LogP) is 3.20. The van der Waals surface area contributed by atoms with Crippen LogP contribution in [-0.2, 0) is 19.1 Å². The molecule has 0 saturated heterocycles. The number of hydrogen-bond acceptors (Lipinski definition) is 4. The molecule has 0 saturated carbocycles. The fourth-order valence-electron chi connectivity index (χ4n) is 1.86. The monoisotopic (exact) mass is 280 g/mol. The average Bonchev–Trinajstić information content (AvgIpc) is 2.48. The van der Waals surface area contributed by atoms with Crippen molar-refractivity contribution in [3.63, 3.8) is 0 Å². The Morgan fingerprint density at radius 3 is 2.15 bits per heavy atom. The topological polar surface area (TPSA) is 52.6 Å². The number of carbonyl (C=O) groups excluding carboxylic acids is 2. The fourth-order valence-corrected chi connectivity index (χ4v) is 1.86. The Kier molecular flexibility index (Phi) is 8.29. The van der Waals surface area contributed by atoms with Gasteiger partial charge in [-0.05, 0) is 33.1 Å². The second-order valence-corrected chi connectivity index (χ2v) is 4.53. The number of carbonyl (C=O) groups is 2. The fraction of sp³-hybridized carbons (Fsp3) is 0.500. The molecule has 0 aliphatic heterocycles. The second-order valence-electron chi connectivity index (χ2n) is 4.53. The molecule has 0 unspecified atom stereocenters. The van der Waals surface area contributed by atoms with E-state index < -0.39 is 17.4 Å². The number of ether oxygens (including phenoxy) is 2. The molecule has 0 fully saturated rings. The Morgan fingerprint density at radius 2 is 1.75 bits per heavy atom. The van der Waals surface area contributed by atoms with Crippen LogP contribution in [-0.4, -0.2) is 26.2 Å². The molecular weight excluding hydrogens is 256 g/mol. The quantitative estimate of drug-likeness (QED) is 0.296. The van der Waals surface area contributed by atoms with Crippen LogP contribution in [0.2, 0.25) is 0 Å². The average molecular weight is 280 g/mol. The molecule has 0 aliphatic carbocycles. The number of esters is 2. The number of methoxy groups -OCH3 is 2. The van der Waals surface area contributed by atoms with Crippen molar-refractivity contribution in [1.82, 2.24) is 0 Å². The van der Waals surface area contributed by atoms with E-state index >= 15 is 0 Å². The SMILES string of the molecule is C=C/C(C)=C/CC(CC/C=C/C)(C(=O)OC)C(=O)OC. The molecule has 0 amide bonds. The third kappa shape index (κ3) is 4.68. The maximum Gasteiger partial charge on any atom is 0.323 e. The normalized spacial score (nSPS) is 12.3. The summed E-state index contributed by atoms with van der Waals surface area (Å²) in [7, 11) is 2.56. The van der Waals surface area contributed by atoms with E-state index in [1.807, 2.05) is 26.0 Å². The van der Waals surface area contributed by atoms with Gasteiger partial charge < -0.3 is 9.47 Å². The van der Waals surface area contributed by atoms with E-state index in [0.29, 0.717) is 12.8 Å². The van der Waals surface area contributed by atoms with Crippen LogP contribution in [0.5, 0.6) is 0 Å². The largest absolute Gasteiger partial charge is 0.468 e. The van der Waals surface area contributed by atoms with Gasteiger partial charge in [-0.3, -0.25) is 9.59 Å². The highest BCUT2D eigenvalue weighted by Gasteiger charge is 2.46. The minimum Gasteiger partial charge on any atom is -0.468 e. The van der Waals surface area contributed by atoms with Crippen LogP contribution in [0.15, 0.2) is 36.5 Å². The minimum atomic E-state index is -1.30. The van der Waals surface area contributed by atoms with Gasteiger partial charge >= 0.3 is 11.9 Å². The molecule has 0 radical (unpaired) electrons. The molecule has 0 aromatic rings. The Balaban J connectivity index is 5.46. The molecule has 0 aromatic carbocycles. The second kappa shape index (κ2) is 9.13. The molecule has 0 spiro atoms. The van der Waals surface area contributed by atoms with Crippen molar-refractivity contribution >= 4 is 11.9 Å². The van der Waals surface area contributed by atoms with Gasteiger partial charge in [0.2, 0.25) is 0 Å². The van der Waals surface area contributed by atoms with Crippen LogP contribution in [0.3, 0.4) is 0 Å². The summed E-state index contributed by atoms with van der Waals surface area (Å²) in [5, 5.41) is 0. The molecule has 0 rings (SSSR count). The molecule has 20 heavy (non-hydrogen) atoms. The van der Waals surface area contributed by atoms with Crippen LogP contribution < -0.4 is 0 Å². The van der Waals surface area contributed by atoms with Gasteiger partial charge in [0.05, 0.1) is 14.2 Å². The first kappa shape index (κ1) is 18.2. The molecule has 0 atom stereocenters. The van der Waals surface area contributed by atoms with Crippen molar-refractivity contribution in [2.75, 3.05) is 14.2 Å². The number of allylic oxidation sites excluding steroid dienone is 5. The van der Waals surface area contributed by atoms with Gasteiger partial charge in [0.25, 0.3) is 0 Å². The molecule has 0 heterocycles. The summed E-state index contributed by atoms with van der Waals surface area (Å²) in [6.45, 7) is 7.40. The van der Waals surface area contributed by atoms with Gasteiger partial charge in [-0.1, -0.05) is 36.5 Å². The van der Waals surface area contributed by atoms with Gasteiger partial charge in [-0.2, -0.15) is 0 Å². The summed E-state index contributed by atoms with van der Waals surface area (Å²) in [6.07, 6.45) is 8.44. The van der Waals surface area contributed by atoms with Gasteiger partial charge in [-0.25, -0.2) is 0 Å². The summed E-state index contributed by atoms with van der Waals surface area (Å²) in [6, 6.07) is 0. The molecule has 0 aromatic heterocycles. The zero-order valence-corrected chi connectivity index (χ0v) is 12.8. The zero-order chi connectivity index (χ0) is 15.6. The molecular formula is C16H24O4. The highest BCUT2D eigenvalue weighted by Crippen LogP contribution is 2.33. The first-order chi connectivity index (χ1) is 9.48. The third-order valence-corrected chi connectivity index (χ3v) is 3.22. The van der Waals surface area contributed by atoms with Crippen molar-refractivity contribution in [1.29, 1.82) is 0 Å². The summed E-state index contributed by atoms with van der Waals surface area (Å²) in [5.41, 5.74) is -0.402. The Hall–Kier alpha value is -1.84. The number of hydrogen-bond donors (Lipinski definition) is 0. The third-order valence-electron chi connectivity index (χ3n) is 3.22. The Labute approximate surface area is 121 Å². The molecule has 0 aliphatic rings. The summed E-state index contributed by atoms with van der Waals surface area (Å²) in [4.78, 5) is 24.3. The van der Waals surface area contributed by atoms with E-state index in [-0.39, 0.29) is 6.42 Å². The lowest BCUT2D eigenvalue weighted by Crippen LogP contribution is -2.41. The van der Waals surface area contributed by atoms with Gasteiger partial charge in [0.15, 0.2) is 5.41 Å². The zero-order valence-electron chi connectivity index (χ0n) is 12.8. The van der Waals surface area contributed by atoms with Crippen LogP contribution in [0.4, 0.5) is 0 Å². The number of rotatable bonds is 8. The maximum absolute atomic E-state index is 12.1.